The number of aryl methyl sites for hydroxylation is 1. The van der Waals surface area contributed by atoms with Gasteiger partial charge < -0.3 is 14.9 Å². The summed E-state index contributed by atoms with van der Waals surface area (Å²) in [5.74, 6) is 0.708. The fourth-order valence-electron chi connectivity index (χ4n) is 4.15. The van der Waals surface area contributed by atoms with Gasteiger partial charge in [0.1, 0.15) is 11.2 Å². The van der Waals surface area contributed by atoms with E-state index in [2.05, 4.69) is 54.5 Å². The van der Waals surface area contributed by atoms with Crippen molar-refractivity contribution in [1.29, 1.82) is 0 Å². The van der Waals surface area contributed by atoms with Gasteiger partial charge >= 0.3 is 0 Å². The Hall–Kier alpha value is -4.37. The molecular weight excluding hydrogens is 426 g/mol. The van der Waals surface area contributed by atoms with E-state index in [-0.39, 0.29) is 0 Å². The number of imidazole rings is 2. The molecule has 0 aliphatic rings. The monoisotopic (exact) mass is 449 g/mol. The molecule has 6 rings (SSSR count). The molecule has 0 saturated heterocycles. The van der Waals surface area contributed by atoms with Crippen LogP contribution in [0.25, 0.3) is 50.4 Å². The third kappa shape index (κ3) is 3.52. The Balaban J connectivity index is 1.44. The van der Waals surface area contributed by atoms with Gasteiger partial charge in [-0.1, -0.05) is 13.0 Å². The van der Waals surface area contributed by atoms with Gasteiger partial charge in [-0.3, -0.25) is 10.1 Å². The van der Waals surface area contributed by atoms with Crippen LogP contribution in [0.2, 0.25) is 0 Å². The Bertz CT molecular complexity index is 1620. The van der Waals surface area contributed by atoms with Crippen LogP contribution >= 0.6 is 0 Å². The average Bonchev–Trinajstić information content (AvgIpc) is 3.59. The number of aromatic amines is 2. The van der Waals surface area contributed by atoms with Crippen molar-refractivity contribution in [1.82, 2.24) is 45.0 Å². The van der Waals surface area contributed by atoms with Gasteiger partial charge in [-0.25, -0.2) is 15.0 Å². The van der Waals surface area contributed by atoms with Crippen LogP contribution in [0.1, 0.15) is 18.2 Å². The number of nitrogens with one attached hydrogen (secondary N) is 3. The molecule has 9 heteroatoms. The molecule has 0 bridgehead atoms. The highest BCUT2D eigenvalue weighted by Crippen LogP contribution is 2.30. The summed E-state index contributed by atoms with van der Waals surface area (Å²) in [4.78, 5) is 21.7. The van der Waals surface area contributed by atoms with Crippen LogP contribution in [0.3, 0.4) is 0 Å². The van der Waals surface area contributed by atoms with E-state index in [0.29, 0.717) is 11.5 Å². The summed E-state index contributed by atoms with van der Waals surface area (Å²) in [6.07, 6.45) is 9.37. The second kappa shape index (κ2) is 8.20. The third-order valence-electron chi connectivity index (χ3n) is 5.84. The maximum Gasteiger partial charge on any atom is 0.181 e. The van der Waals surface area contributed by atoms with Gasteiger partial charge in [0, 0.05) is 42.5 Å². The Labute approximate surface area is 195 Å². The molecule has 0 fully saturated rings. The second-order valence-corrected chi connectivity index (χ2v) is 8.24. The van der Waals surface area contributed by atoms with Crippen LogP contribution in [0.5, 0.6) is 0 Å². The Morgan fingerprint density at radius 1 is 1.06 bits per heavy atom. The molecule has 5 heterocycles. The van der Waals surface area contributed by atoms with Crippen molar-refractivity contribution in [3.8, 4) is 28.3 Å². The van der Waals surface area contributed by atoms with E-state index in [4.69, 9.17) is 4.98 Å². The lowest BCUT2D eigenvalue weighted by Crippen LogP contribution is -2.11. The topological polar surface area (TPSA) is 113 Å². The number of H-pyrrole nitrogens is 2. The van der Waals surface area contributed by atoms with Crippen molar-refractivity contribution < 1.29 is 0 Å². The van der Waals surface area contributed by atoms with Crippen molar-refractivity contribution in [2.24, 2.45) is 0 Å². The molecule has 6 aromatic rings. The fourth-order valence-corrected chi connectivity index (χ4v) is 4.15. The van der Waals surface area contributed by atoms with Gasteiger partial charge in [0.2, 0.25) is 0 Å². The molecule has 0 unspecified atom stereocenters. The largest absolute Gasteiger partial charge is 0.337 e. The molecule has 0 radical (unpaired) electrons. The normalized spacial score (nSPS) is 11.6. The van der Waals surface area contributed by atoms with E-state index in [0.717, 1.165) is 63.3 Å². The highest BCUT2D eigenvalue weighted by molar-refractivity contribution is 5.94. The quantitative estimate of drug-likeness (QED) is 0.352. The van der Waals surface area contributed by atoms with Crippen LogP contribution in [0.4, 0.5) is 0 Å². The summed E-state index contributed by atoms with van der Waals surface area (Å²) in [5.41, 5.74) is 8.28. The van der Waals surface area contributed by atoms with Crippen LogP contribution < -0.4 is 5.32 Å². The highest BCUT2D eigenvalue weighted by Gasteiger charge is 2.16. The third-order valence-corrected chi connectivity index (χ3v) is 5.84. The van der Waals surface area contributed by atoms with Gasteiger partial charge in [-0.15, -0.1) is 0 Å². The van der Waals surface area contributed by atoms with Gasteiger partial charge in [0.05, 0.1) is 28.6 Å². The number of hydrogen-bond donors (Lipinski definition) is 3. The number of fused-ring (bicyclic) bond motifs is 2. The number of aromatic nitrogens is 8. The Morgan fingerprint density at radius 3 is 2.82 bits per heavy atom. The number of hydrogen-bond acceptors (Lipinski definition) is 6. The number of rotatable bonds is 6. The summed E-state index contributed by atoms with van der Waals surface area (Å²) in [6.45, 7) is 5.75. The molecule has 5 aromatic heterocycles. The number of pyridine rings is 2. The first-order chi connectivity index (χ1) is 16.7. The van der Waals surface area contributed by atoms with Crippen LogP contribution in [-0.2, 0) is 6.54 Å². The first-order valence-electron chi connectivity index (χ1n) is 11.2. The predicted molar refractivity (Wildman–Crippen MR) is 131 cm³/mol. The average molecular weight is 450 g/mol. The molecule has 0 amide bonds. The summed E-state index contributed by atoms with van der Waals surface area (Å²) in [5, 5.41) is 11.8. The van der Waals surface area contributed by atoms with Gasteiger partial charge in [0.25, 0.3) is 0 Å². The molecule has 9 nitrogen and oxygen atoms in total. The van der Waals surface area contributed by atoms with Crippen LogP contribution in [0, 0.1) is 6.92 Å². The first kappa shape index (κ1) is 20.3. The van der Waals surface area contributed by atoms with Gasteiger partial charge in [-0.2, -0.15) is 5.10 Å². The van der Waals surface area contributed by atoms with E-state index < -0.39 is 0 Å². The number of para-hydroxylation sites is 1. The molecule has 0 aliphatic carbocycles. The van der Waals surface area contributed by atoms with E-state index in [1.165, 1.54) is 0 Å². The van der Waals surface area contributed by atoms with E-state index >= 15 is 0 Å². The van der Waals surface area contributed by atoms with Crippen LogP contribution in [0.15, 0.2) is 61.4 Å². The zero-order valence-corrected chi connectivity index (χ0v) is 18.9. The molecule has 0 aliphatic heterocycles. The zero-order chi connectivity index (χ0) is 23.1. The minimum atomic E-state index is 0.640. The highest BCUT2D eigenvalue weighted by atomic mass is 15.2. The zero-order valence-electron chi connectivity index (χ0n) is 18.9. The van der Waals surface area contributed by atoms with Crippen molar-refractivity contribution in [3.63, 3.8) is 0 Å². The molecule has 0 saturated carbocycles. The van der Waals surface area contributed by atoms with Crippen molar-refractivity contribution in [2.75, 3.05) is 6.54 Å². The van der Waals surface area contributed by atoms with Crippen molar-refractivity contribution >= 4 is 22.1 Å². The first-order valence-corrected chi connectivity index (χ1v) is 11.2. The molecule has 168 valence electrons. The van der Waals surface area contributed by atoms with E-state index in [9.17, 15) is 0 Å². The summed E-state index contributed by atoms with van der Waals surface area (Å²) in [6, 6.07) is 10.3. The van der Waals surface area contributed by atoms with E-state index in [1.54, 1.807) is 6.33 Å². The predicted octanol–water partition coefficient (Wildman–Crippen LogP) is 4.17. The van der Waals surface area contributed by atoms with Crippen LogP contribution in [-0.4, -0.2) is 46.2 Å². The summed E-state index contributed by atoms with van der Waals surface area (Å²) in [7, 11) is 0. The summed E-state index contributed by atoms with van der Waals surface area (Å²) < 4.78 is 1.99. The maximum absolute atomic E-state index is 4.92. The SMILES string of the molecule is CCNCc1cncc(-c2cnc3n[nH]c(-c4nc5c(-n6cnc(C)c6)cccc5[nH]4)c3c2)c1. The molecule has 0 spiro atoms. The molecule has 1 aromatic carbocycles. The lowest BCUT2D eigenvalue weighted by Gasteiger charge is -2.05. The Kier molecular flexibility index (Phi) is 4.88. The molecular formula is C25H23N9. The maximum atomic E-state index is 4.92. The van der Waals surface area contributed by atoms with Gasteiger partial charge in [-0.05, 0) is 43.3 Å². The van der Waals surface area contributed by atoms with Gasteiger partial charge in [0.15, 0.2) is 11.5 Å². The van der Waals surface area contributed by atoms with Crippen molar-refractivity contribution in [3.05, 3.63) is 72.7 Å². The lowest BCUT2D eigenvalue weighted by molar-refractivity contribution is 0.724. The number of nitrogens with zero attached hydrogens (tertiary/aromatic N) is 6. The molecule has 3 N–H and O–H groups in total. The fraction of sp³-hybridized carbons (Fsp3) is 0.160. The second-order valence-electron chi connectivity index (χ2n) is 8.24. The smallest absolute Gasteiger partial charge is 0.181 e. The minimum absolute atomic E-state index is 0.640. The molecule has 34 heavy (non-hydrogen) atoms. The minimum Gasteiger partial charge on any atom is -0.337 e. The summed E-state index contributed by atoms with van der Waals surface area (Å²) >= 11 is 0. The Morgan fingerprint density at radius 2 is 1.97 bits per heavy atom. The standard InChI is InChI=1S/C25H23N9/c1-3-26-9-16-7-17(11-27-10-16)18-8-19-22(32-33-24(19)28-12-18)25-30-20-5-4-6-21(23(20)31-25)34-13-15(2)29-14-34/h4-8,10-14,26H,3,9H2,1-2H3,(H,30,31)(H,28,32,33). The van der Waals surface area contributed by atoms with E-state index in [1.807, 2.05) is 54.5 Å². The number of benzene rings is 1. The van der Waals surface area contributed by atoms with Crippen molar-refractivity contribution in [2.45, 2.75) is 20.4 Å². The lowest BCUT2D eigenvalue weighted by atomic mass is 10.1. The molecule has 0 atom stereocenters.